The SMILES string of the molecule is Cn1ccnc1CCN1CCCCCC1CCl. The van der Waals surface area contributed by atoms with Crippen molar-refractivity contribution < 1.29 is 0 Å². The van der Waals surface area contributed by atoms with E-state index in [4.69, 9.17) is 11.6 Å². The van der Waals surface area contributed by atoms with E-state index in [0.717, 1.165) is 18.8 Å². The Kier molecular flexibility index (Phi) is 4.86. The Morgan fingerprint density at radius 1 is 1.41 bits per heavy atom. The molecule has 2 rings (SSSR count). The zero-order valence-corrected chi connectivity index (χ0v) is 11.4. The highest BCUT2D eigenvalue weighted by molar-refractivity contribution is 6.18. The highest BCUT2D eigenvalue weighted by Gasteiger charge is 2.20. The van der Waals surface area contributed by atoms with Crippen LogP contribution >= 0.6 is 11.6 Å². The quantitative estimate of drug-likeness (QED) is 0.771. The Morgan fingerprint density at radius 2 is 2.29 bits per heavy atom. The summed E-state index contributed by atoms with van der Waals surface area (Å²) in [7, 11) is 2.06. The molecular weight excluding hydrogens is 234 g/mol. The second-order valence-corrected chi connectivity index (χ2v) is 5.21. The van der Waals surface area contributed by atoms with Crippen LogP contribution in [0.5, 0.6) is 0 Å². The number of hydrogen-bond acceptors (Lipinski definition) is 2. The smallest absolute Gasteiger partial charge is 0.109 e. The van der Waals surface area contributed by atoms with E-state index >= 15 is 0 Å². The number of hydrogen-bond donors (Lipinski definition) is 0. The van der Waals surface area contributed by atoms with Crippen molar-refractivity contribution in [3.63, 3.8) is 0 Å². The fourth-order valence-electron chi connectivity index (χ4n) is 2.59. The monoisotopic (exact) mass is 255 g/mol. The predicted octanol–water partition coefficient (Wildman–Crippen LogP) is 2.45. The largest absolute Gasteiger partial charge is 0.338 e. The molecule has 96 valence electrons. The Hall–Kier alpha value is -0.540. The van der Waals surface area contributed by atoms with Crippen LogP contribution in [0.2, 0.25) is 0 Å². The Labute approximate surface area is 109 Å². The van der Waals surface area contributed by atoms with Gasteiger partial charge in [0, 0.05) is 44.3 Å². The lowest BCUT2D eigenvalue weighted by molar-refractivity contribution is 0.217. The van der Waals surface area contributed by atoms with E-state index in [2.05, 4.69) is 21.5 Å². The molecule has 0 bridgehead atoms. The van der Waals surface area contributed by atoms with Crippen molar-refractivity contribution in [3.05, 3.63) is 18.2 Å². The molecule has 0 aromatic carbocycles. The van der Waals surface area contributed by atoms with Gasteiger partial charge in [-0.15, -0.1) is 11.6 Å². The summed E-state index contributed by atoms with van der Waals surface area (Å²) in [5.74, 6) is 1.93. The average molecular weight is 256 g/mol. The van der Waals surface area contributed by atoms with Crippen LogP contribution < -0.4 is 0 Å². The zero-order valence-electron chi connectivity index (χ0n) is 10.6. The van der Waals surface area contributed by atoms with Gasteiger partial charge in [-0.05, 0) is 19.4 Å². The minimum absolute atomic E-state index is 0.569. The summed E-state index contributed by atoms with van der Waals surface area (Å²) in [4.78, 5) is 6.93. The van der Waals surface area contributed by atoms with Crippen LogP contribution in [-0.4, -0.2) is 39.5 Å². The molecule has 0 saturated carbocycles. The van der Waals surface area contributed by atoms with Gasteiger partial charge in [-0.3, -0.25) is 4.90 Å². The molecule has 1 fully saturated rings. The van der Waals surface area contributed by atoms with E-state index < -0.39 is 0 Å². The van der Waals surface area contributed by atoms with Gasteiger partial charge in [0.15, 0.2) is 0 Å². The van der Waals surface area contributed by atoms with Crippen LogP contribution in [0.4, 0.5) is 0 Å². The summed E-state index contributed by atoms with van der Waals surface area (Å²) in [5.41, 5.74) is 0. The minimum Gasteiger partial charge on any atom is -0.338 e. The van der Waals surface area contributed by atoms with E-state index in [1.54, 1.807) is 0 Å². The second kappa shape index (κ2) is 6.41. The van der Waals surface area contributed by atoms with Crippen molar-refractivity contribution in [3.8, 4) is 0 Å². The van der Waals surface area contributed by atoms with Crippen LogP contribution in [0.25, 0.3) is 0 Å². The number of aryl methyl sites for hydroxylation is 1. The standard InChI is InChI=1S/C13H22ClN3/c1-16-10-7-15-13(16)6-9-17-8-4-2-3-5-12(17)11-14/h7,10,12H,2-6,8-9,11H2,1H3. The average Bonchev–Trinajstić information content (AvgIpc) is 2.63. The van der Waals surface area contributed by atoms with Crippen molar-refractivity contribution in [2.45, 2.75) is 38.1 Å². The first-order chi connectivity index (χ1) is 8.31. The molecule has 17 heavy (non-hydrogen) atoms. The molecule has 1 unspecified atom stereocenters. The molecule has 1 aromatic heterocycles. The fourth-order valence-corrected chi connectivity index (χ4v) is 2.94. The fraction of sp³-hybridized carbons (Fsp3) is 0.769. The number of likely N-dealkylation sites (tertiary alicyclic amines) is 1. The molecule has 1 atom stereocenters. The molecule has 1 aliphatic heterocycles. The zero-order chi connectivity index (χ0) is 12.1. The Balaban J connectivity index is 1.89. The normalized spacial score (nSPS) is 22.6. The maximum Gasteiger partial charge on any atom is 0.109 e. The number of imidazole rings is 1. The third kappa shape index (κ3) is 3.46. The molecule has 0 spiro atoms. The highest BCUT2D eigenvalue weighted by Crippen LogP contribution is 2.18. The van der Waals surface area contributed by atoms with Crippen LogP contribution in [0, 0.1) is 0 Å². The van der Waals surface area contributed by atoms with Crippen LogP contribution in [-0.2, 0) is 13.5 Å². The number of aromatic nitrogens is 2. The van der Waals surface area contributed by atoms with Gasteiger partial charge >= 0.3 is 0 Å². The Morgan fingerprint density at radius 3 is 3.00 bits per heavy atom. The van der Waals surface area contributed by atoms with Gasteiger partial charge in [0.05, 0.1) is 0 Å². The maximum atomic E-state index is 6.08. The third-order valence-electron chi connectivity index (χ3n) is 3.72. The van der Waals surface area contributed by atoms with Gasteiger partial charge in [-0.2, -0.15) is 0 Å². The summed E-state index contributed by atoms with van der Waals surface area (Å²) in [6.07, 6.45) is 10.2. The third-order valence-corrected chi connectivity index (χ3v) is 4.08. The first-order valence-corrected chi connectivity index (χ1v) is 7.11. The number of rotatable bonds is 4. The van der Waals surface area contributed by atoms with Gasteiger partial charge < -0.3 is 4.57 Å². The van der Waals surface area contributed by atoms with Gasteiger partial charge in [0.1, 0.15) is 5.82 Å². The topological polar surface area (TPSA) is 21.1 Å². The molecule has 0 N–H and O–H groups in total. The number of halogens is 1. The second-order valence-electron chi connectivity index (χ2n) is 4.90. The summed E-state index contributed by atoms with van der Waals surface area (Å²) in [6, 6.07) is 0.569. The minimum atomic E-state index is 0.569. The van der Waals surface area contributed by atoms with Gasteiger partial charge in [-0.1, -0.05) is 12.8 Å². The summed E-state index contributed by atoms with van der Waals surface area (Å²) < 4.78 is 2.10. The van der Waals surface area contributed by atoms with E-state index in [0.29, 0.717) is 6.04 Å². The van der Waals surface area contributed by atoms with Crippen molar-refractivity contribution in [2.24, 2.45) is 7.05 Å². The van der Waals surface area contributed by atoms with Crippen molar-refractivity contribution in [1.29, 1.82) is 0 Å². The molecule has 2 heterocycles. The lowest BCUT2D eigenvalue weighted by Gasteiger charge is -2.28. The summed E-state index contributed by atoms with van der Waals surface area (Å²) >= 11 is 6.08. The van der Waals surface area contributed by atoms with Crippen LogP contribution in [0.15, 0.2) is 12.4 Å². The van der Waals surface area contributed by atoms with Crippen LogP contribution in [0.3, 0.4) is 0 Å². The number of alkyl halides is 1. The Bertz CT molecular complexity index is 337. The predicted molar refractivity (Wildman–Crippen MR) is 71.5 cm³/mol. The van der Waals surface area contributed by atoms with Gasteiger partial charge in [0.2, 0.25) is 0 Å². The molecular formula is C13H22ClN3. The number of nitrogens with zero attached hydrogens (tertiary/aromatic N) is 3. The van der Waals surface area contributed by atoms with E-state index in [-0.39, 0.29) is 0 Å². The molecule has 4 heteroatoms. The lowest BCUT2D eigenvalue weighted by atomic mass is 10.1. The summed E-state index contributed by atoms with van der Waals surface area (Å²) in [6.45, 7) is 2.28. The molecule has 3 nitrogen and oxygen atoms in total. The molecule has 1 aliphatic rings. The van der Waals surface area contributed by atoms with Crippen molar-refractivity contribution in [1.82, 2.24) is 14.5 Å². The first-order valence-electron chi connectivity index (χ1n) is 6.57. The van der Waals surface area contributed by atoms with Crippen molar-refractivity contribution >= 4 is 11.6 Å². The van der Waals surface area contributed by atoms with E-state index in [9.17, 15) is 0 Å². The maximum absolute atomic E-state index is 6.08. The molecule has 0 aliphatic carbocycles. The molecule has 0 amide bonds. The lowest BCUT2D eigenvalue weighted by Crippen LogP contribution is -2.37. The molecule has 0 radical (unpaired) electrons. The van der Waals surface area contributed by atoms with E-state index in [1.807, 2.05) is 12.4 Å². The van der Waals surface area contributed by atoms with Gasteiger partial charge in [0.25, 0.3) is 0 Å². The summed E-state index contributed by atoms with van der Waals surface area (Å²) in [5, 5.41) is 0. The highest BCUT2D eigenvalue weighted by atomic mass is 35.5. The first kappa shape index (κ1) is 12.9. The molecule has 1 aromatic rings. The van der Waals surface area contributed by atoms with E-state index in [1.165, 1.54) is 38.1 Å². The van der Waals surface area contributed by atoms with Crippen molar-refractivity contribution in [2.75, 3.05) is 19.0 Å². The van der Waals surface area contributed by atoms with Crippen LogP contribution in [0.1, 0.15) is 31.5 Å². The van der Waals surface area contributed by atoms with Gasteiger partial charge in [-0.25, -0.2) is 4.98 Å². The molecule has 1 saturated heterocycles.